The Morgan fingerprint density at radius 2 is 2.19 bits per heavy atom. The third kappa shape index (κ3) is 4.51. The summed E-state index contributed by atoms with van der Waals surface area (Å²) in [5.74, 6) is -0.533. The molecule has 1 aromatic carbocycles. The summed E-state index contributed by atoms with van der Waals surface area (Å²) < 4.78 is 31.8. The predicted octanol–water partition coefficient (Wildman–Crippen LogP) is 4.28. The van der Waals surface area contributed by atoms with Gasteiger partial charge in [-0.3, -0.25) is 4.79 Å². The summed E-state index contributed by atoms with van der Waals surface area (Å²) in [7, 11) is 0. The maximum atomic E-state index is 13.7. The molecule has 2 heterocycles. The van der Waals surface area contributed by atoms with Crippen LogP contribution in [0.15, 0.2) is 40.2 Å². The van der Waals surface area contributed by atoms with Crippen LogP contribution in [-0.4, -0.2) is 16.0 Å². The van der Waals surface area contributed by atoms with Crippen molar-refractivity contribution in [3.8, 4) is 10.7 Å². The van der Waals surface area contributed by atoms with Gasteiger partial charge in [-0.2, -0.15) is 4.98 Å². The van der Waals surface area contributed by atoms with Gasteiger partial charge in [-0.25, -0.2) is 8.78 Å². The molecule has 0 bridgehead atoms. The van der Waals surface area contributed by atoms with E-state index in [9.17, 15) is 13.6 Å². The Bertz CT molecular complexity index is 880. The summed E-state index contributed by atoms with van der Waals surface area (Å²) in [5.41, 5.74) is 0.247. The number of hydrogen-bond acceptors (Lipinski definition) is 5. The number of nitrogens with one attached hydrogen (secondary N) is 1. The van der Waals surface area contributed by atoms with Crippen molar-refractivity contribution in [1.29, 1.82) is 0 Å². The summed E-state index contributed by atoms with van der Waals surface area (Å²) >= 11 is 1.52. The minimum absolute atomic E-state index is 0.223. The first-order valence-electron chi connectivity index (χ1n) is 8.13. The van der Waals surface area contributed by atoms with Gasteiger partial charge in [0.2, 0.25) is 17.6 Å². The number of halogens is 2. The molecule has 1 atom stereocenters. The van der Waals surface area contributed by atoms with E-state index < -0.39 is 17.7 Å². The van der Waals surface area contributed by atoms with Crippen LogP contribution in [0, 0.1) is 11.6 Å². The minimum Gasteiger partial charge on any atom is -0.349 e. The third-order valence-electron chi connectivity index (χ3n) is 3.81. The van der Waals surface area contributed by atoms with Crippen molar-refractivity contribution in [2.24, 2.45) is 0 Å². The molecule has 3 rings (SSSR count). The van der Waals surface area contributed by atoms with Crippen LogP contribution < -0.4 is 5.32 Å². The van der Waals surface area contributed by atoms with Crippen LogP contribution in [0.4, 0.5) is 8.78 Å². The van der Waals surface area contributed by atoms with Gasteiger partial charge in [-0.1, -0.05) is 17.3 Å². The average Bonchev–Trinajstić information content (AvgIpc) is 3.25. The maximum absolute atomic E-state index is 13.7. The fourth-order valence-electron chi connectivity index (χ4n) is 2.51. The molecule has 0 saturated heterocycles. The van der Waals surface area contributed by atoms with Crippen molar-refractivity contribution >= 4 is 17.2 Å². The zero-order valence-electron chi connectivity index (χ0n) is 14.0. The third-order valence-corrected chi connectivity index (χ3v) is 4.68. The molecule has 1 N–H and O–H groups in total. The van der Waals surface area contributed by atoms with Crippen molar-refractivity contribution in [3.05, 3.63) is 58.8 Å². The Kier molecular flexibility index (Phi) is 5.72. The van der Waals surface area contributed by atoms with Gasteiger partial charge in [0.25, 0.3) is 0 Å². The quantitative estimate of drug-likeness (QED) is 0.667. The van der Waals surface area contributed by atoms with Gasteiger partial charge >= 0.3 is 0 Å². The standard InChI is InChI=1S/C18H17F2N3O2S/c1-11(13-8-7-12(19)10-14(13)20)21-16(24)5-2-6-17-22-18(23-25-17)15-4-3-9-26-15/h3-4,7-11H,2,5-6H2,1H3,(H,21,24). The second-order valence-electron chi connectivity index (χ2n) is 5.80. The van der Waals surface area contributed by atoms with Crippen molar-refractivity contribution in [1.82, 2.24) is 15.5 Å². The first kappa shape index (κ1) is 18.2. The van der Waals surface area contributed by atoms with Crippen LogP contribution in [0.1, 0.15) is 37.3 Å². The highest BCUT2D eigenvalue weighted by molar-refractivity contribution is 7.13. The highest BCUT2D eigenvalue weighted by atomic mass is 32.1. The van der Waals surface area contributed by atoms with E-state index in [0.29, 0.717) is 24.6 Å². The molecule has 26 heavy (non-hydrogen) atoms. The minimum atomic E-state index is -0.676. The summed E-state index contributed by atoms with van der Waals surface area (Å²) in [5, 5.41) is 8.55. The molecule has 0 saturated carbocycles. The molecular weight excluding hydrogens is 360 g/mol. The number of thiophene rings is 1. The lowest BCUT2D eigenvalue weighted by molar-refractivity contribution is -0.121. The molecule has 0 aliphatic rings. The number of carbonyl (C=O) groups is 1. The molecule has 0 spiro atoms. The number of aromatic nitrogens is 2. The van der Waals surface area contributed by atoms with Crippen LogP contribution in [0.3, 0.4) is 0 Å². The van der Waals surface area contributed by atoms with E-state index in [1.807, 2.05) is 17.5 Å². The van der Waals surface area contributed by atoms with Crippen molar-refractivity contribution in [2.45, 2.75) is 32.2 Å². The van der Waals surface area contributed by atoms with E-state index in [0.717, 1.165) is 10.9 Å². The van der Waals surface area contributed by atoms with Gasteiger partial charge in [0.15, 0.2) is 0 Å². The van der Waals surface area contributed by atoms with E-state index in [-0.39, 0.29) is 17.9 Å². The molecule has 1 amide bonds. The fourth-order valence-corrected chi connectivity index (χ4v) is 3.16. The molecule has 0 aliphatic carbocycles. The first-order chi connectivity index (χ1) is 12.5. The number of hydrogen-bond donors (Lipinski definition) is 1. The molecular formula is C18H17F2N3O2S. The lowest BCUT2D eigenvalue weighted by Crippen LogP contribution is -2.27. The van der Waals surface area contributed by atoms with Crippen LogP contribution in [0.25, 0.3) is 10.7 Å². The van der Waals surface area contributed by atoms with Gasteiger partial charge in [0.1, 0.15) is 11.6 Å². The molecule has 2 aromatic heterocycles. The maximum Gasteiger partial charge on any atom is 0.226 e. The normalized spacial score (nSPS) is 12.1. The first-order valence-corrected chi connectivity index (χ1v) is 9.01. The van der Waals surface area contributed by atoms with E-state index in [1.54, 1.807) is 6.92 Å². The zero-order chi connectivity index (χ0) is 18.5. The number of carbonyl (C=O) groups excluding carboxylic acids is 1. The Labute approximate surface area is 153 Å². The molecule has 3 aromatic rings. The topological polar surface area (TPSA) is 68.0 Å². The predicted molar refractivity (Wildman–Crippen MR) is 93.5 cm³/mol. The number of aryl methyl sites for hydroxylation is 1. The monoisotopic (exact) mass is 377 g/mol. The van der Waals surface area contributed by atoms with Gasteiger partial charge in [0, 0.05) is 24.5 Å². The van der Waals surface area contributed by atoms with Gasteiger partial charge in [-0.15, -0.1) is 11.3 Å². The molecule has 136 valence electrons. The van der Waals surface area contributed by atoms with Crippen molar-refractivity contribution in [3.63, 3.8) is 0 Å². The highest BCUT2D eigenvalue weighted by Crippen LogP contribution is 2.22. The Balaban J connectivity index is 1.47. The highest BCUT2D eigenvalue weighted by Gasteiger charge is 2.15. The van der Waals surface area contributed by atoms with Crippen LogP contribution in [0.2, 0.25) is 0 Å². The summed E-state index contributed by atoms with van der Waals surface area (Å²) in [4.78, 5) is 17.2. The van der Waals surface area contributed by atoms with Crippen molar-refractivity contribution in [2.75, 3.05) is 0 Å². The summed E-state index contributed by atoms with van der Waals surface area (Å²) in [6.07, 6.45) is 1.24. The van der Waals surface area contributed by atoms with Gasteiger partial charge in [-0.05, 0) is 30.9 Å². The Morgan fingerprint density at radius 3 is 2.92 bits per heavy atom. The fraction of sp³-hybridized carbons (Fsp3) is 0.278. The zero-order valence-corrected chi connectivity index (χ0v) is 14.9. The number of amides is 1. The van der Waals surface area contributed by atoms with Gasteiger partial charge < -0.3 is 9.84 Å². The van der Waals surface area contributed by atoms with E-state index >= 15 is 0 Å². The SMILES string of the molecule is CC(NC(=O)CCCc1nc(-c2cccs2)no1)c1ccc(F)cc1F. The number of rotatable bonds is 7. The Hall–Kier alpha value is -2.61. The molecule has 0 radical (unpaired) electrons. The van der Waals surface area contributed by atoms with E-state index in [1.165, 1.54) is 23.5 Å². The van der Waals surface area contributed by atoms with Crippen LogP contribution in [-0.2, 0) is 11.2 Å². The lowest BCUT2D eigenvalue weighted by Gasteiger charge is -2.15. The molecule has 8 heteroatoms. The second-order valence-corrected chi connectivity index (χ2v) is 6.75. The summed E-state index contributed by atoms with van der Waals surface area (Å²) in [6, 6.07) is 6.58. The molecule has 5 nitrogen and oxygen atoms in total. The van der Waals surface area contributed by atoms with E-state index in [2.05, 4.69) is 15.5 Å². The Morgan fingerprint density at radius 1 is 1.35 bits per heavy atom. The molecule has 1 unspecified atom stereocenters. The molecule has 0 fully saturated rings. The van der Waals surface area contributed by atoms with Gasteiger partial charge in [0.05, 0.1) is 10.9 Å². The van der Waals surface area contributed by atoms with Crippen molar-refractivity contribution < 1.29 is 18.1 Å². The smallest absolute Gasteiger partial charge is 0.226 e. The second kappa shape index (κ2) is 8.18. The largest absolute Gasteiger partial charge is 0.349 e. The number of nitrogens with zero attached hydrogens (tertiary/aromatic N) is 2. The number of benzene rings is 1. The van der Waals surface area contributed by atoms with Crippen LogP contribution >= 0.6 is 11.3 Å². The lowest BCUT2D eigenvalue weighted by atomic mass is 10.1. The average molecular weight is 377 g/mol. The summed E-state index contributed by atoms with van der Waals surface area (Å²) in [6.45, 7) is 1.65. The molecule has 0 aliphatic heterocycles. The van der Waals surface area contributed by atoms with E-state index in [4.69, 9.17) is 4.52 Å². The van der Waals surface area contributed by atoms with Crippen LogP contribution in [0.5, 0.6) is 0 Å².